The van der Waals surface area contributed by atoms with E-state index in [4.69, 9.17) is 5.11 Å². The molecular formula is C5H7NO5S. The molecule has 0 aliphatic carbocycles. The summed E-state index contributed by atoms with van der Waals surface area (Å²) in [5.74, 6) is -2.03. The average molecular weight is 193 g/mol. The molecule has 68 valence electrons. The number of carbonyl (C=O) groups is 2. The van der Waals surface area contributed by atoms with Gasteiger partial charge in [-0.3, -0.25) is 4.79 Å². The molecule has 6 nitrogen and oxygen atoms in total. The SMILES string of the molecule is CC(=O)NC(C=S(=O)=O)C(=O)O. The van der Waals surface area contributed by atoms with Crippen LogP contribution in [0.15, 0.2) is 0 Å². The first-order valence-electron chi connectivity index (χ1n) is 2.86. The lowest BCUT2D eigenvalue weighted by Crippen LogP contribution is -2.40. The zero-order valence-corrected chi connectivity index (χ0v) is 6.96. The van der Waals surface area contributed by atoms with E-state index < -0.39 is 28.2 Å². The highest BCUT2D eigenvalue weighted by molar-refractivity contribution is 7.71. The van der Waals surface area contributed by atoms with E-state index in [-0.39, 0.29) is 0 Å². The minimum absolute atomic E-state index is 0.490. The Hall–Kier alpha value is -1.37. The number of carbonyl (C=O) groups excluding carboxylic acids is 1. The van der Waals surface area contributed by atoms with Crippen LogP contribution >= 0.6 is 0 Å². The summed E-state index contributed by atoms with van der Waals surface area (Å²) >= 11 is 0. The van der Waals surface area contributed by atoms with Crippen LogP contribution in [0.25, 0.3) is 0 Å². The molecule has 12 heavy (non-hydrogen) atoms. The first kappa shape index (κ1) is 10.6. The lowest BCUT2D eigenvalue weighted by atomic mass is 10.3. The third-order valence-electron chi connectivity index (χ3n) is 0.872. The van der Waals surface area contributed by atoms with Gasteiger partial charge in [0.25, 0.3) is 0 Å². The van der Waals surface area contributed by atoms with Crippen LogP contribution in [0.2, 0.25) is 0 Å². The zero-order chi connectivity index (χ0) is 9.72. The van der Waals surface area contributed by atoms with Crippen LogP contribution in [0.4, 0.5) is 0 Å². The molecule has 0 radical (unpaired) electrons. The molecule has 0 saturated carbocycles. The van der Waals surface area contributed by atoms with Gasteiger partial charge in [0.15, 0.2) is 6.04 Å². The van der Waals surface area contributed by atoms with E-state index in [9.17, 15) is 18.0 Å². The molecule has 1 atom stereocenters. The van der Waals surface area contributed by atoms with Crippen LogP contribution in [0.3, 0.4) is 0 Å². The van der Waals surface area contributed by atoms with Gasteiger partial charge in [0.1, 0.15) is 0 Å². The number of rotatable bonds is 3. The summed E-state index contributed by atoms with van der Waals surface area (Å²) in [7, 11) is -2.60. The minimum Gasteiger partial charge on any atom is -0.479 e. The van der Waals surface area contributed by atoms with E-state index in [1.54, 1.807) is 0 Å². The number of nitrogens with one attached hydrogen (secondary N) is 1. The average Bonchev–Trinajstić information content (AvgIpc) is 1.83. The van der Waals surface area contributed by atoms with Gasteiger partial charge in [-0.05, 0) is 0 Å². The van der Waals surface area contributed by atoms with Gasteiger partial charge in [-0.25, -0.2) is 4.79 Å². The quantitative estimate of drug-likeness (QED) is 0.518. The molecule has 1 amide bonds. The molecular weight excluding hydrogens is 186 g/mol. The van der Waals surface area contributed by atoms with Crippen molar-refractivity contribution >= 4 is 27.5 Å². The van der Waals surface area contributed by atoms with Crippen molar-refractivity contribution in [2.24, 2.45) is 0 Å². The first-order chi connectivity index (χ1) is 5.43. The molecule has 0 rings (SSSR count). The van der Waals surface area contributed by atoms with E-state index in [0.29, 0.717) is 5.37 Å². The number of aliphatic carboxylic acids is 1. The predicted molar refractivity (Wildman–Crippen MR) is 40.2 cm³/mol. The molecule has 1 unspecified atom stereocenters. The summed E-state index contributed by atoms with van der Waals surface area (Å²) in [6.07, 6.45) is 0. The van der Waals surface area contributed by atoms with Gasteiger partial charge in [-0.1, -0.05) is 0 Å². The van der Waals surface area contributed by atoms with Crippen LogP contribution in [0.5, 0.6) is 0 Å². The molecule has 0 aliphatic rings. The number of hydrogen-bond acceptors (Lipinski definition) is 4. The molecule has 2 N–H and O–H groups in total. The van der Waals surface area contributed by atoms with Gasteiger partial charge in [0, 0.05) is 6.92 Å². The van der Waals surface area contributed by atoms with E-state index in [0.717, 1.165) is 6.92 Å². The number of carboxylic acid groups (broad SMARTS) is 1. The molecule has 7 heteroatoms. The largest absolute Gasteiger partial charge is 0.479 e. The van der Waals surface area contributed by atoms with Crippen LogP contribution < -0.4 is 5.32 Å². The maximum Gasteiger partial charge on any atom is 0.331 e. The fourth-order valence-corrected chi connectivity index (χ4v) is 0.891. The molecule has 0 aromatic rings. The molecule has 0 saturated heterocycles. The van der Waals surface area contributed by atoms with Gasteiger partial charge < -0.3 is 10.4 Å². The second-order valence-corrected chi connectivity index (χ2v) is 2.71. The minimum atomic E-state index is -2.60. The predicted octanol–water partition coefficient (Wildman–Crippen LogP) is -1.74. The summed E-state index contributed by atoms with van der Waals surface area (Å²) in [5.41, 5.74) is 0. The fourth-order valence-electron chi connectivity index (χ4n) is 0.484. The summed E-state index contributed by atoms with van der Waals surface area (Å²) in [4.78, 5) is 20.6. The number of carboxylic acids is 1. The lowest BCUT2D eigenvalue weighted by molar-refractivity contribution is -0.139. The Balaban J connectivity index is 4.57. The number of amides is 1. The second kappa shape index (κ2) is 4.50. The molecule has 0 aromatic carbocycles. The Labute approximate surface area is 69.7 Å². The second-order valence-electron chi connectivity index (χ2n) is 1.91. The maximum atomic E-state index is 10.3. The Kier molecular flexibility index (Phi) is 3.98. The normalized spacial score (nSPS) is 11.4. The van der Waals surface area contributed by atoms with Crippen molar-refractivity contribution in [2.75, 3.05) is 0 Å². The Morgan fingerprint density at radius 3 is 2.25 bits per heavy atom. The first-order valence-corrected chi connectivity index (χ1v) is 4.00. The van der Waals surface area contributed by atoms with Gasteiger partial charge in [0.05, 0.1) is 5.37 Å². The summed E-state index contributed by atoms with van der Waals surface area (Å²) < 4.78 is 20.1. The van der Waals surface area contributed by atoms with Crippen molar-refractivity contribution in [3.8, 4) is 0 Å². The van der Waals surface area contributed by atoms with Gasteiger partial charge in [-0.15, -0.1) is 0 Å². The summed E-state index contributed by atoms with van der Waals surface area (Å²) in [5, 5.41) is 10.8. The van der Waals surface area contributed by atoms with Gasteiger partial charge >= 0.3 is 5.97 Å². The van der Waals surface area contributed by atoms with Crippen molar-refractivity contribution in [3.63, 3.8) is 0 Å². The van der Waals surface area contributed by atoms with Crippen molar-refractivity contribution in [3.05, 3.63) is 0 Å². The molecule has 0 fully saturated rings. The number of hydrogen-bond donors (Lipinski definition) is 2. The van der Waals surface area contributed by atoms with E-state index in [1.165, 1.54) is 0 Å². The highest BCUT2D eigenvalue weighted by Gasteiger charge is 2.15. The van der Waals surface area contributed by atoms with Gasteiger partial charge in [0.2, 0.25) is 16.2 Å². The van der Waals surface area contributed by atoms with Crippen molar-refractivity contribution in [1.29, 1.82) is 0 Å². The van der Waals surface area contributed by atoms with Crippen LogP contribution in [-0.2, 0) is 19.9 Å². The zero-order valence-electron chi connectivity index (χ0n) is 6.14. The Bertz CT molecular complexity index is 309. The van der Waals surface area contributed by atoms with Crippen molar-refractivity contribution in [1.82, 2.24) is 5.32 Å². The molecule has 0 bridgehead atoms. The van der Waals surface area contributed by atoms with Crippen LogP contribution in [0, 0.1) is 0 Å². The summed E-state index contributed by atoms with van der Waals surface area (Å²) in [6, 6.07) is -1.49. The molecule has 0 aliphatic heterocycles. The Morgan fingerprint density at radius 1 is 1.50 bits per heavy atom. The third-order valence-corrected chi connectivity index (χ3v) is 1.37. The van der Waals surface area contributed by atoms with Crippen molar-refractivity contribution in [2.45, 2.75) is 13.0 Å². The Morgan fingerprint density at radius 2 is 2.00 bits per heavy atom. The topological polar surface area (TPSA) is 101 Å². The molecule has 0 spiro atoms. The third kappa shape index (κ3) is 4.45. The van der Waals surface area contributed by atoms with E-state index >= 15 is 0 Å². The summed E-state index contributed by atoms with van der Waals surface area (Å²) in [6.45, 7) is 1.09. The van der Waals surface area contributed by atoms with Crippen LogP contribution in [0.1, 0.15) is 6.92 Å². The van der Waals surface area contributed by atoms with E-state index in [1.807, 2.05) is 5.32 Å². The molecule has 0 heterocycles. The standard InChI is InChI=1S/C5H7NO5S/c1-3(7)6-4(5(8)9)2-12(10)11/h2,4H,1H3,(H,6,7)(H,8,9). The fraction of sp³-hybridized carbons (Fsp3) is 0.400. The highest BCUT2D eigenvalue weighted by Crippen LogP contribution is 1.78. The van der Waals surface area contributed by atoms with Crippen molar-refractivity contribution < 1.29 is 23.1 Å². The highest BCUT2D eigenvalue weighted by atomic mass is 32.2. The maximum absolute atomic E-state index is 10.3. The van der Waals surface area contributed by atoms with Crippen LogP contribution in [-0.4, -0.2) is 36.8 Å². The smallest absolute Gasteiger partial charge is 0.331 e. The van der Waals surface area contributed by atoms with E-state index in [2.05, 4.69) is 0 Å². The lowest BCUT2D eigenvalue weighted by Gasteiger charge is -2.04. The molecule has 0 aromatic heterocycles. The van der Waals surface area contributed by atoms with Gasteiger partial charge in [-0.2, -0.15) is 8.42 Å². The monoisotopic (exact) mass is 193 g/mol.